The first-order valence-corrected chi connectivity index (χ1v) is 8.15. The van der Waals surface area contributed by atoms with E-state index in [9.17, 15) is 4.79 Å². The van der Waals surface area contributed by atoms with E-state index in [0.717, 1.165) is 53.4 Å². The Labute approximate surface area is 130 Å². The minimum absolute atomic E-state index is 0.116. The molecule has 0 aromatic heterocycles. The average molecular weight is 390 g/mol. The third kappa shape index (κ3) is 3.80. The lowest BCUT2D eigenvalue weighted by Gasteiger charge is -2.32. The van der Waals surface area contributed by atoms with Crippen LogP contribution in [0.25, 0.3) is 0 Å². The molecule has 1 fully saturated rings. The van der Waals surface area contributed by atoms with Gasteiger partial charge in [0.15, 0.2) is 0 Å². The Kier molecular flexibility index (Phi) is 5.42. The lowest BCUT2D eigenvalue weighted by atomic mass is 9.93. The number of carbonyl (C=O) groups is 1. The maximum atomic E-state index is 12.5. The van der Waals surface area contributed by atoms with Crippen molar-refractivity contribution in [2.75, 3.05) is 19.6 Å². The largest absolute Gasteiger partial charge is 0.339 e. The van der Waals surface area contributed by atoms with Crippen molar-refractivity contribution >= 4 is 37.8 Å². The minimum Gasteiger partial charge on any atom is -0.339 e. The van der Waals surface area contributed by atoms with Crippen LogP contribution in [0.2, 0.25) is 0 Å². The first-order valence-electron chi connectivity index (χ1n) is 6.56. The van der Waals surface area contributed by atoms with Crippen molar-refractivity contribution in [1.82, 2.24) is 4.90 Å². The molecule has 0 bridgehead atoms. The predicted molar refractivity (Wildman–Crippen MR) is 84.1 cm³/mol. The predicted octanol–water partition coefficient (Wildman–Crippen LogP) is 3.41. The van der Waals surface area contributed by atoms with E-state index in [2.05, 4.69) is 31.9 Å². The van der Waals surface area contributed by atoms with E-state index < -0.39 is 0 Å². The lowest BCUT2D eigenvalue weighted by molar-refractivity contribution is 0.0687. The third-order valence-corrected chi connectivity index (χ3v) is 4.79. The van der Waals surface area contributed by atoms with Gasteiger partial charge >= 0.3 is 0 Å². The number of amides is 1. The molecule has 1 saturated heterocycles. The van der Waals surface area contributed by atoms with Crippen molar-refractivity contribution < 1.29 is 4.79 Å². The molecule has 1 amide bonds. The molecule has 5 heteroatoms. The molecule has 1 aliphatic rings. The average Bonchev–Trinajstić information content (AvgIpc) is 2.39. The Hall–Kier alpha value is -0.390. The molecular weight excluding hydrogens is 372 g/mol. The Balaban J connectivity index is 2.01. The molecule has 2 rings (SSSR count). The highest BCUT2D eigenvalue weighted by atomic mass is 79.9. The Morgan fingerprint density at radius 3 is 2.58 bits per heavy atom. The number of nitrogens with two attached hydrogens (primary N) is 1. The summed E-state index contributed by atoms with van der Waals surface area (Å²) in [6.07, 6.45) is 3.21. The van der Waals surface area contributed by atoms with Crippen LogP contribution in [0.5, 0.6) is 0 Å². The molecular formula is C14H18Br2N2O. The standard InChI is InChI=1S/C14H18Br2N2O/c15-11-1-2-12(13(16)9-11)14(19)18-7-4-10(3-6-17)5-8-18/h1-2,9-10H,3-8,17H2. The van der Waals surface area contributed by atoms with Gasteiger partial charge in [-0.15, -0.1) is 0 Å². The fourth-order valence-electron chi connectivity index (χ4n) is 2.49. The maximum absolute atomic E-state index is 12.5. The second-order valence-electron chi connectivity index (χ2n) is 4.94. The zero-order chi connectivity index (χ0) is 13.8. The molecule has 0 aliphatic carbocycles. The molecule has 0 radical (unpaired) electrons. The monoisotopic (exact) mass is 388 g/mol. The van der Waals surface area contributed by atoms with Gasteiger partial charge in [0, 0.05) is 22.0 Å². The van der Waals surface area contributed by atoms with Crippen LogP contribution in [0.1, 0.15) is 29.6 Å². The topological polar surface area (TPSA) is 46.3 Å². The number of hydrogen-bond donors (Lipinski definition) is 1. The Morgan fingerprint density at radius 2 is 2.00 bits per heavy atom. The van der Waals surface area contributed by atoms with Gasteiger partial charge in [0.2, 0.25) is 0 Å². The van der Waals surface area contributed by atoms with E-state index >= 15 is 0 Å². The number of carbonyl (C=O) groups excluding carboxylic acids is 1. The highest BCUT2D eigenvalue weighted by molar-refractivity contribution is 9.11. The summed E-state index contributed by atoms with van der Waals surface area (Å²) < 4.78 is 1.81. The molecule has 3 nitrogen and oxygen atoms in total. The van der Waals surface area contributed by atoms with Crippen molar-refractivity contribution in [3.05, 3.63) is 32.7 Å². The summed E-state index contributed by atoms with van der Waals surface area (Å²) in [5.74, 6) is 0.799. The molecule has 104 valence electrons. The van der Waals surface area contributed by atoms with Crippen molar-refractivity contribution in [3.8, 4) is 0 Å². The number of benzene rings is 1. The fraction of sp³-hybridized carbons (Fsp3) is 0.500. The zero-order valence-corrected chi connectivity index (χ0v) is 13.9. The molecule has 1 aliphatic heterocycles. The Bertz CT molecular complexity index is 457. The summed E-state index contributed by atoms with van der Waals surface area (Å²) in [5, 5.41) is 0. The normalized spacial score (nSPS) is 16.7. The smallest absolute Gasteiger partial charge is 0.254 e. The molecule has 1 heterocycles. The van der Waals surface area contributed by atoms with Crippen LogP contribution < -0.4 is 5.73 Å². The van der Waals surface area contributed by atoms with Crippen molar-refractivity contribution in [2.24, 2.45) is 11.7 Å². The highest BCUT2D eigenvalue weighted by Crippen LogP contribution is 2.26. The number of halogens is 2. The number of rotatable bonds is 3. The van der Waals surface area contributed by atoms with Gasteiger partial charge in [-0.1, -0.05) is 15.9 Å². The second-order valence-corrected chi connectivity index (χ2v) is 6.71. The molecule has 0 saturated carbocycles. The van der Waals surface area contributed by atoms with Crippen LogP contribution in [0.3, 0.4) is 0 Å². The zero-order valence-electron chi connectivity index (χ0n) is 10.7. The molecule has 0 spiro atoms. The van der Waals surface area contributed by atoms with E-state index in [1.165, 1.54) is 0 Å². The van der Waals surface area contributed by atoms with Crippen LogP contribution in [0.15, 0.2) is 27.1 Å². The summed E-state index contributed by atoms with van der Waals surface area (Å²) in [5.41, 5.74) is 6.32. The third-order valence-electron chi connectivity index (χ3n) is 3.64. The van der Waals surface area contributed by atoms with Gasteiger partial charge in [-0.05, 0) is 65.9 Å². The summed E-state index contributed by atoms with van der Waals surface area (Å²) in [4.78, 5) is 14.4. The van der Waals surface area contributed by atoms with Gasteiger partial charge in [0.25, 0.3) is 5.91 Å². The number of piperidine rings is 1. The van der Waals surface area contributed by atoms with Gasteiger partial charge in [0.1, 0.15) is 0 Å². The SMILES string of the molecule is NCCC1CCN(C(=O)c2ccc(Br)cc2Br)CC1. The van der Waals surface area contributed by atoms with Gasteiger partial charge in [-0.3, -0.25) is 4.79 Å². The number of hydrogen-bond acceptors (Lipinski definition) is 2. The minimum atomic E-state index is 0.116. The molecule has 0 unspecified atom stereocenters. The molecule has 1 aromatic rings. The first kappa shape index (κ1) is 15.0. The van der Waals surface area contributed by atoms with Crippen LogP contribution in [-0.4, -0.2) is 30.4 Å². The van der Waals surface area contributed by atoms with Gasteiger partial charge in [0.05, 0.1) is 5.56 Å². The number of nitrogens with zero attached hydrogens (tertiary/aromatic N) is 1. The summed E-state index contributed by atoms with van der Waals surface area (Å²) in [6, 6.07) is 5.68. The summed E-state index contributed by atoms with van der Waals surface area (Å²) in [7, 11) is 0. The van der Waals surface area contributed by atoms with E-state index in [1.54, 1.807) is 0 Å². The van der Waals surface area contributed by atoms with Crippen LogP contribution in [0.4, 0.5) is 0 Å². The first-order chi connectivity index (χ1) is 9.11. The summed E-state index contributed by atoms with van der Waals surface area (Å²) >= 11 is 6.86. The Morgan fingerprint density at radius 1 is 1.32 bits per heavy atom. The van der Waals surface area contributed by atoms with Crippen molar-refractivity contribution in [3.63, 3.8) is 0 Å². The van der Waals surface area contributed by atoms with E-state index in [4.69, 9.17) is 5.73 Å². The van der Waals surface area contributed by atoms with E-state index in [1.807, 2.05) is 23.1 Å². The second kappa shape index (κ2) is 6.86. The lowest BCUT2D eigenvalue weighted by Crippen LogP contribution is -2.39. The van der Waals surface area contributed by atoms with Crippen molar-refractivity contribution in [2.45, 2.75) is 19.3 Å². The maximum Gasteiger partial charge on any atom is 0.254 e. The van der Waals surface area contributed by atoms with Gasteiger partial charge in [-0.2, -0.15) is 0 Å². The highest BCUT2D eigenvalue weighted by Gasteiger charge is 2.24. The molecule has 19 heavy (non-hydrogen) atoms. The van der Waals surface area contributed by atoms with Crippen LogP contribution >= 0.6 is 31.9 Å². The fourth-order valence-corrected chi connectivity index (χ4v) is 3.71. The van der Waals surface area contributed by atoms with Crippen molar-refractivity contribution in [1.29, 1.82) is 0 Å². The number of likely N-dealkylation sites (tertiary alicyclic amines) is 1. The van der Waals surface area contributed by atoms with Crippen LogP contribution in [0, 0.1) is 5.92 Å². The van der Waals surface area contributed by atoms with Gasteiger partial charge in [-0.25, -0.2) is 0 Å². The van der Waals surface area contributed by atoms with Crippen LogP contribution in [-0.2, 0) is 0 Å². The molecule has 1 aromatic carbocycles. The molecule has 0 atom stereocenters. The van der Waals surface area contributed by atoms with Gasteiger partial charge < -0.3 is 10.6 Å². The van der Waals surface area contributed by atoms with E-state index in [-0.39, 0.29) is 5.91 Å². The quantitative estimate of drug-likeness (QED) is 0.860. The molecule has 2 N–H and O–H groups in total. The van der Waals surface area contributed by atoms with E-state index in [0.29, 0.717) is 5.92 Å². The summed E-state index contributed by atoms with van der Waals surface area (Å²) in [6.45, 7) is 2.43.